The number of benzene rings is 1. The highest BCUT2D eigenvalue weighted by Crippen LogP contribution is 2.30. The highest BCUT2D eigenvalue weighted by atomic mass is 79.9. The van der Waals surface area contributed by atoms with Crippen LogP contribution in [0.5, 0.6) is 5.75 Å². The van der Waals surface area contributed by atoms with Crippen molar-refractivity contribution in [1.29, 1.82) is 0 Å². The Morgan fingerprint density at radius 2 is 1.86 bits per heavy atom. The number of anilines is 2. The zero-order valence-corrected chi connectivity index (χ0v) is 13.3. The van der Waals surface area contributed by atoms with Crippen LogP contribution in [0, 0.1) is 0 Å². The molecular formula is C16H14BrN3O. The fraction of sp³-hybridized carbons (Fsp3) is 0.125. The van der Waals surface area contributed by atoms with Gasteiger partial charge in [-0.25, -0.2) is 0 Å². The zero-order valence-electron chi connectivity index (χ0n) is 11.7. The van der Waals surface area contributed by atoms with Gasteiger partial charge in [-0.3, -0.25) is 9.97 Å². The second kappa shape index (κ2) is 5.69. The van der Waals surface area contributed by atoms with E-state index in [2.05, 4.69) is 30.8 Å². The van der Waals surface area contributed by atoms with Crippen LogP contribution in [0.3, 0.4) is 0 Å². The second-order valence-corrected chi connectivity index (χ2v) is 5.52. The number of aromatic nitrogens is 2. The second-order valence-electron chi connectivity index (χ2n) is 4.61. The minimum absolute atomic E-state index is 0.841. The lowest BCUT2D eigenvalue weighted by molar-refractivity contribution is 0.415. The van der Waals surface area contributed by atoms with Crippen molar-refractivity contribution in [2.24, 2.45) is 0 Å². The van der Waals surface area contributed by atoms with Crippen LogP contribution in [-0.4, -0.2) is 24.1 Å². The molecule has 0 aliphatic carbocycles. The lowest BCUT2D eigenvalue weighted by atomic mass is 10.2. The molecule has 0 N–H and O–H groups in total. The molecule has 2 aromatic heterocycles. The number of halogens is 1. The third kappa shape index (κ3) is 2.69. The number of methoxy groups -OCH3 is 1. The Morgan fingerprint density at radius 3 is 2.57 bits per heavy atom. The summed E-state index contributed by atoms with van der Waals surface area (Å²) in [6.45, 7) is 0. The van der Waals surface area contributed by atoms with E-state index in [4.69, 9.17) is 4.74 Å². The maximum Gasteiger partial charge on any atom is 0.119 e. The molecule has 0 fully saturated rings. The Labute approximate surface area is 131 Å². The third-order valence-corrected chi connectivity index (χ3v) is 3.78. The summed E-state index contributed by atoms with van der Waals surface area (Å²) < 4.78 is 6.11. The lowest BCUT2D eigenvalue weighted by Gasteiger charge is -2.20. The number of fused-ring (bicyclic) bond motifs is 1. The Kier molecular flexibility index (Phi) is 3.75. The van der Waals surface area contributed by atoms with E-state index < -0.39 is 0 Å². The molecule has 0 bridgehead atoms. The standard InChI is InChI=1S/C16H14BrN3O/c1-20(12-3-5-13(21-2)6-4-12)15-7-8-18-14-9-11(17)10-19-16(14)15/h3-10H,1-2H3. The largest absolute Gasteiger partial charge is 0.497 e. The normalized spacial score (nSPS) is 10.6. The number of nitrogens with zero attached hydrogens (tertiary/aromatic N) is 3. The Hall–Kier alpha value is -2.14. The van der Waals surface area contributed by atoms with Crippen LogP contribution in [0.1, 0.15) is 0 Å². The maximum absolute atomic E-state index is 5.19. The molecule has 4 nitrogen and oxygen atoms in total. The predicted molar refractivity (Wildman–Crippen MR) is 88.3 cm³/mol. The van der Waals surface area contributed by atoms with Gasteiger partial charge < -0.3 is 9.64 Å². The van der Waals surface area contributed by atoms with E-state index in [1.165, 1.54) is 0 Å². The van der Waals surface area contributed by atoms with Gasteiger partial charge in [-0.2, -0.15) is 0 Å². The Bertz CT molecular complexity index is 774. The molecule has 0 spiro atoms. The predicted octanol–water partition coefficient (Wildman–Crippen LogP) is 4.17. The fourth-order valence-corrected chi connectivity index (χ4v) is 2.53. The highest BCUT2D eigenvalue weighted by Gasteiger charge is 2.10. The van der Waals surface area contributed by atoms with E-state index in [0.29, 0.717) is 0 Å². The molecule has 0 aliphatic rings. The van der Waals surface area contributed by atoms with Crippen molar-refractivity contribution in [3.05, 3.63) is 53.3 Å². The van der Waals surface area contributed by atoms with Crippen molar-refractivity contribution in [3.8, 4) is 5.75 Å². The summed E-state index contributed by atoms with van der Waals surface area (Å²) in [6, 6.07) is 11.9. The molecule has 1 aromatic carbocycles. The van der Waals surface area contributed by atoms with Crippen molar-refractivity contribution >= 4 is 38.3 Å². The van der Waals surface area contributed by atoms with Crippen molar-refractivity contribution in [1.82, 2.24) is 9.97 Å². The molecule has 0 radical (unpaired) electrons. The van der Waals surface area contributed by atoms with Crippen LogP contribution in [0.15, 0.2) is 53.3 Å². The van der Waals surface area contributed by atoms with Gasteiger partial charge in [0.1, 0.15) is 11.3 Å². The minimum Gasteiger partial charge on any atom is -0.497 e. The van der Waals surface area contributed by atoms with Gasteiger partial charge in [0.15, 0.2) is 0 Å². The number of hydrogen-bond acceptors (Lipinski definition) is 4. The van der Waals surface area contributed by atoms with Gasteiger partial charge in [0.25, 0.3) is 0 Å². The van der Waals surface area contributed by atoms with Gasteiger partial charge >= 0.3 is 0 Å². The molecule has 0 atom stereocenters. The van der Waals surface area contributed by atoms with E-state index in [1.54, 1.807) is 19.5 Å². The smallest absolute Gasteiger partial charge is 0.119 e. The summed E-state index contributed by atoms with van der Waals surface area (Å²) >= 11 is 3.42. The molecule has 3 rings (SSSR count). The van der Waals surface area contributed by atoms with Crippen molar-refractivity contribution in [2.75, 3.05) is 19.1 Å². The summed E-state index contributed by atoms with van der Waals surface area (Å²) in [7, 11) is 3.68. The van der Waals surface area contributed by atoms with E-state index >= 15 is 0 Å². The van der Waals surface area contributed by atoms with Crippen molar-refractivity contribution < 1.29 is 4.74 Å². The summed E-state index contributed by atoms with van der Waals surface area (Å²) in [5.74, 6) is 0.841. The molecule has 0 saturated carbocycles. The van der Waals surface area contributed by atoms with Crippen molar-refractivity contribution in [2.45, 2.75) is 0 Å². The molecule has 3 aromatic rings. The summed E-state index contributed by atoms with van der Waals surface area (Å²) in [4.78, 5) is 10.9. The fourth-order valence-electron chi connectivity index (χ4n) is 2.21. The Balaban J connectivity index is 2.06. The SMILES string of the molecule is COc1ccc(N(C)c2ccnc3cc(Br)cnc23)cc1. The topological polar surface area (TPSA) is 38.2 Å². The Morgan fingerprint density at radius 1 is 1.10 bits per heavy atom. The first kappa shape index (κ1) is 13.8. The molecule has 106 valence electrons. The van der Waals surface area contributed by atoms with Crippen LogP contribution in [0.25, 0.3) is 11.0 Å². The van der Waals surface area contributed by atoms with E-state index in [1.807, 2.05) is 43.4 Å². The van der Waals surface area contributed by atoms with Crippen LogP contribution in [0.4, 0.5) is 11.4 Å². The first-order valence-electron chi connectivity index (χ1n) is 6.47. The van der Waals surface area contributed by atoms with Crippen LogP contribution in [-0.2, 0) is 0 Å². The quantitative estimate of drug-likeness (QED) is 0.715. The number of pyridine rings is 2. The van der Waals surface area contributed by atoms with Crippen molar-refractivity contribution in [3.63, 3.8) is 0 Å². The average molecular weight is 344 g/mol. The molecule has 5 heteroatoms. The summed E-state index contributed by atoms with van der Waals surface area (Å²) in [5, 5.41) is 0. The van der Waals surface area contributed by atoms with Crippen LogP contribution < -0.4 is 9.64 Å². The molecule has 0 saturated heterocycles. The first-order chi connectivity index (χ1) is 10.2. The van der Waals surface area contributed by atoms with Gasteiger partial charge in [0.05, 0.1) is 18.3 Å². The number of hydrogen-bond donors (Lipinski definition) is 0. The molecular weight excluding hydrogens is 330 g/mol. The molecule has 0 unspecified atom stereocenters. The maximum atomic E-state index is 5.19. The molecule has 0 aliphatic heterocycles. The van der Waals surface area contributed by atoms with Crippen LogP contribution >= 0.6 is 15.9 Å². The molecule has 2 heterocycles. The third-order valence-electron chi connectivity index (χ3n) is 3.34. The number of ether oxygens (including phenoxy) is 1. The lowest BCUT2D eigenvalue weighted by Crippen LogP contribution is -2.10. The van der Waals surface area contributed by atoms with E-state index in [9.17, 15) is 0 Å². The number of rotatable bonds is 3. The summed E-state index contributed by atoms with van der Waals surface area (Å²) in [6.07, 6.45) is 3.58. The van der Waals surface area contributed by atoms with E-state index in [0.717, 1.165) is 32.6 Å². The van der Waals surface area contributed by atoms with Gasteiger partial charge in [0.2, 0.25) is 0 Å². The van der Waals surface area contributed by atoms with Crippen LogP contribution in [0.2, 0.25) is 0 Å². The van der Waals surface area contributed by atoms with E-state index in [-0.39, 0.29) is 0 Å². The monoisotopic (exact) mass is 343 g/mol. The highest BCUT2D eigenvalue weighted by molar-refractivity contribution is 9.10. The van der Waals surface area contributed by atoms with Gasteiger partial charge in [-0.15, -0.1) is 0 Å². The van der Waals surface area contributed by atoms with Gasteiger partial charge in [0, 0.05) is 29.6 Å². The van der Waals surface area contributed by atoms with Gasteiger partial charge in [-0.05, 0) is 52.3 Å². The molecule has 0 amide bonds. The minimum atomic E-state index is 0.841. The zero-order chi connectivity index (χ0) is 14.8. The first-order valence-corrected chi connectivity index (χ1v) is 7.26. The average Bonchev–Trinajstić information content (AvgIpc) is 2.53. The molecule has 21 heavy (non-hydrogen) atoms. The van der Waals surface area contributed by atoms with Gasteiger partial charge in [-0.1, -0.05) is 0 Å². The summed E-state index contributed by atoms with van der Waals surface area (Å²) in [5.41, 5.74) is 3.81.